The van der Waals surface area contributed by atoms with Crippen molar-refractivity contribution in [2.24, 2.45) is 0 Å². The number of benzene rings is 1. The van der Waals surface area contributed by atoms with Gasteiger partial charge < -0.3 is 10.1 Å². The van der Waals surface area contributed by atoms with Gasteiger partial charge >= 0.3 is 0 Å². The highest BCUT2D eigenvalue weighted by atomic mass is 19.1. The normalized spacial score (nSPS) is 19.0. The van der Waals surface area contributed by atoms with Crippen LogP contribution in [-0.2, 0) is 6.54 Å². The van der Waals surface area contributed by atoms with Crippen LogP contribution in [-0.4, -0.2) is 30.7 Å². The predicted octanol–water partition coefficient (Wildman–Crippen LogP) is 3.49. The first-order valence-electron chi connectivity index (χ1n) is 9.53. The lowest BCUT2D eigenvalue weighted by Gasteiger charge is -2.14. The van der Waals surface area contributed by atoms with E-state index in [-0.39, 0.29) is 11.9 Å². The Kier molecular flexibility index (Phi) is 3.38. The molecule has 8 heteroatoms. The number of anilines is 1. The van der Waals surface area contributed by atoms with Gasteiger partial charge in [0.05, 0.1) is 0 Å². The zero-order valence-electron chi connectivity index (χ0n) is 15.6. The van der Waals surface area contributed by atoms with Crippen molar-refractivity contribution in [2.75, 3.05) is 5.32 Å². The van der Waals surface area contributed by atoms with Crippen molar-refractivity contribution in [3.05, 3.63) is 65.6 Å². The summed E-state index contributed by atoms with van der Waals surface area (Å²) >= 11 is 0. The lowest BCUT2D eigenvalue weighted by atomic mass is 10.0. The Hall–Kier alpha value is -3.55. The molecule has 4 aromatic rings. The number of pyridine rings is 1. The van der Waals surface area contributed by atoms with E-state index >= 15 is 0 Å². The topological polar surface area (TPSA) is 77.2 Å². The number of rotatable bonds is 4. The molecule has 1 aliphatic heterocycles. The zero-order chi connectivity index (χ0) is 19.5. The number of aryl methyl sites for hydroxylation is 1. The van der Waals surface area contributed by atoms with Crippen LogP contribution < -0.4 is 10.1 Å². The maximum Gasteiger partial charge on any atom is 0.210 e. The molecule has 0 radical (unpaired) electrons. The van der Waals surface area contributed by atoms with E-state index in [0.717, 1.165) is 34.6 Å². The highest BCUT2D eigenvalue weighted by Crippen LogP contribution is 2.55. The molecule has 0 saturated heterocycles. The van der Waals surface area contributed by atoms with Gasteiger partial charge in [-0.05, 0) is 31.5 Å². The van der Waals surface area contributed by atoms with Crippen molar-refractivity contribution in [1.29, 1.82) is 0 Å². The minimum absolute atomic E-state index is 0.218. The van der Waals surface area contributed by atoms with Gasteiger partial charge in [-0.2, -0.15) is 0 Å². The largest absolute Gasteiger partial charge is 0.489 e. The van der Waals surface area contributed by atoms with Gasteiger partial charge in [0.2, 0.25) is 5.95 Å². The molecule has 1 saturated carbocycles. The van der Waals surface area contributed by atoms with Gasteiger partial charge in [-0.1, -0.05) is 6.07 Å². The van der Waals surface area contributed by atoms with Crippen molar-refractivity contribution in [3.63, 3.8) is 0 Å². The monoisotopic (exact) mass is 388 g/mol. The highest BCUT2D eigenvalue weighted by Gasteiger charge is 2.49. The second-order valence-corrected chi connectivity index (χ2v) is 7.45. The van der Waals surface area contributed by atoms with Crippen molar-refractivity contribution < 1.29 is 9.13 Å². The molecule has 1 N–H and O–H groups in total. The Bertz CT molecular complexity index is 1270. The number of aromatic nitrogens is 5. The smallest absolute Gasteiger partial charge is 0.210 e. The second kappa shape index (κ2) is 5.97. The average Bonchev–Trinajstić information content (AvgIpc) is 3.14. The van der Waals surface area contributed by atoms with E-state index in [9.17, 15) is 4.39 Å². The third-order valence-electron chi connectivity index (χ3n) is 5.69. The van der Waals surface area contributed by atoms with Gasteiger partial charge in [0.25, 0.3) is 0 Å². The number of nitrogens with one attached hydrogen (secondary N) is 1. The van der Waals surface area contributed by atoms with E-state index in [2.05, 4.69) is 25.5 Å². The van der Waals surface area contributed by atoms with E-state index < -0.39 is 0 Å². The second-order valence-electron chi connectivity index (χ2n) is 7.45. The molecule has 6 rings (SSSR count). The Morgan fingerprint density at radius 1 is 1.24 bits per heavy atom. The minimum atomic E-state index is -0.227. The number of fused-ring (bicyclic) bond motifs is 4. The van der Waals surface area contributed by atoms with E-state index in [0.29, 0.717) is 29.6 Å². The van der Waals surface area contributed by atoms with Crippen LogP contribution in [0.1, 0.15) is 29.2 Å². The van der Waals surface area contributed by atoms with E-state index in [4.69, 9.17) is 4.74 Å². The maximum absolute atomic E-state index is 14.6. The summed E-state index contributed by atoms with van der Waals surface area (Å²) in [6.45, 7) is 2.26. The molecule has 1 aromatic carbocycles. The van der Waals surface area contributed by atoms with Crippen molar-refractivity contribution in [1.82, 2.24) is 24.6 Å². The Morgan fingerprint density at radius 3 is 3.07 bits per heavy atom. The van der Waals surface area contributed by atoms with Gasteiger partial charge in [0.15, 0.2) is 5.65 Å². The molecule has 0 bridgehead atoms. The minimum Gasteiger partial charge on any atom is -0.489 e. The lowest BCUT2D eigenvalue weighted by molar-refractivity contribution is 0.318. The van der Waals surface area contributed by atoms with Crippen LogP contribution in [0, 0.1) is 12.7 Å². The van der Waals surface area contributed by atoms with Crippen LogP contribution in [0.4, 0.5) is 10.3 Å². The van der Waals surface area contributed by atoms with Crippen LogP contribution in [0.3, 0.4) is 0 Å². The molecule has 3 aromatic heterocycles. The van der Waals surface area contributed by atoms with Gasteiger partial charge in [0.1, 0.15) is 24.0 Å². The molecule has 29 heavy (non-hydrogen) atoms. The Labute approximate surface area is 165 Å². The third kappa shape index (κ3) is 2.48. The summed E-state index contributed by atoms with van der Waals surface area (Å²) in [5.41, 5.74) is 4.99. The number of hydrogen-bond donors (Lipinski definition) is 1. The molecule has 7 nitrogen and oxygen atoms in total. The van der Waals surface area contributed by atoms with E-state index in [1.165, 1.54) is 6.07 Å². The van der Waals surface area contributed by atoms with Crippen LogP contribution in [0.2, 0.25) is 0 Å². The van der Waals surface area contributed by atoms with Crippen molar-refractivity contribution >= 4 is 11.6 Å². The molecule has 2 aliphatic rings. The number of ether oxygens (including phenoxy) is 1. The summed E-state index contributed by atoms with van der Waals surface area (Å²) in [6.07, 6.45) is 6.30. The first-order chi connectivity index (χ1) is 14.2. The van der Waals surface area contributed by atoms with E-state index in [1.807, 2.05) is 19.1 Å². The molecule has 144 valence electrons. The van der Waals surface area contributed by atoms with Gasteiger partial charge in [-0.15, -0.1) is 10.2 Å². The molecule has 4 heterocycles. The fraction of sp³-hybridized carbons (Fsp3) is 0.238. The van der Waals surface area contributed by atoms with Crippen molar-refractivity contribution in [2.45, 2.75) is 31.9 Å². The summed E-state index contributed by atoms with van der Waals surface area (Å²) in [7, 11) is 0. The van der Waals surface area contributed by atoms with Crippen LogP contribution in [0.15, 0.2) is 43.0 Å². The van der Waals surface area contributed by atoms with Gasteiger partial charge in [-0.25, -0.2) is 9.37 Å². The van der Waals surface area contributed by atoms with Crippen molar-refractivity contribution in [3.8, 4) is 16.9 Å². The van der Waals surface area contributed by atoms with Crippen LogP contribution in [0.25, 0.3) is 16.8 Å². The maximum atomic E-state index is 14.6. The number of halogens is 1. The molecular formula is C21H17FN6O. The van der Waals surface area contributed by atoms with Crippen LogP contribution >= 0.6 is 0 Å². The molecule has 0 amide bonds. The van der Waals surface area contributed by atoms with Gasteiger partial charge in [0, 0.05) is 52.8 Å². The first-order valence-corrected chi connectivity index (χ1v) is 9.53. The Balaban J connectivity index is 1.37. The lowest BCUT2D eigenvalue weighted by Crippen LogP contribution is -2.10. The summed E-state index contributed by atoms with van der Waals surface area (Å²) in [5, 5.41) is 11.6. The van der Waals surface area contributed by atoms with E-state index in [1.54, 1.807) is 29.2 Å². The molecule has 0 spiro atoms. The average molecular weight is 388 g/mol. The zero-order valence-corrected chi connectivity index (χ0v) is 15.6. The summed E-state index contributed by atoms with van der Waals surface area (Å²) in [6, 6.07) is 7.06. The summed E-state index contributed by atoms with van der Waals surface area (Å²) < 4.78 is 22.2. The number of nitrogens with zero attached hydrogens (tertiary/aromatic N) is 5. The third-order valence-corrected chi connectivity index (χ3v) is 5.69. The summed E-state index contributed by atoms with van der Waals surface area (Å²) in [4.78, 5) is 8.90. The standard InChI is InChI=1S/C21H17FN6O/c1-11-12(3-2-6-23-11)14-8-24-21(28-10-26-27-20(14)28)25-9-15-16(22)4-5-17-19(15)13-7-18(13)29-17/h2-6,8,10,13,18H,7,9H2,1H3,(H,24,25). The highest BCUT2D eigenvalue weighted by molar-refractivity contribution is 5.78. The molecule has 1 aliphatic carbocycles. The molecule has 1 fully saturated rings. The molecular weight excluding hydrogens is 371 g/mol. The fourth-order valence-corrected chi connectivity index (χ4v) is 4.15. The SMILES string of the molecule is Cc1ncccc1-c1cnc(NCc2c(F)ccc3c2C2CC2O3)n2cnnc12. The fourth-order valence-electron chi connectivity index (χ4n) is 4.15. The van der Waals surface area contributed by atoms with Crippen LogP contribution in [0.5, 0.6) is 5.75 Å². The molecule has 2 unspecified atom stereocenters. The summed E-state index contributed by atoms with van der Waals surface area (Å²) in [5.74, 6) is 1.44. The number of hydrogen-bond acceptors (Lipinski definition) is 6. The quantitative estimate of drug-likeness (QED) is 0.577. The molecule has 2 atom stereocenters. The first kappa shape index (κ1) is 16.4. The predicted molar refractivity (Wildman–Crippen MR) is 104 cm³/mol. The Morgan fingerprint density at radius 2 is 2.17 bits per heavy atom. The van der Waals surface area contributed by atoms with Gasteiger partial charge in [-0.3, -0.25) is 9.38 Å².